The number of hydrogen-bond acceptors (Lipinski definition) is 8. The predicted molar refractivity (Wildman–Crippen MR) is 217 cm³/mol. The van der Waals surface area contributed by atoms with E-state index >= 15 is 0 Å². The largest absolute Gasteiger partial charge is 0.368 e. The van der Waals surface area contributed by atoms with Gasteiger partial charge in [-0.25, -0.2) is 0 Å². The van der Waals surface area contributed by atoms with Gasteiger partial charge in [-0.2, -0.15) is 0 Å². The third-order valence-electron chi connectivity index (χ3n) is 11.0. The molecule has 0 aliphatic carbocycles. The number of carbonyl (C=O) groups is 5. The van der Waals surface area contributed by atoms with Crippen molar-refractivity contribution in [2.24, 2.45) is 11.7 Å². The van der Waals surface area contributed by atoms with E-state index < -0.39 is 47.3 Å². The zero-order chi connectivity index (χ0) is 39.1. The highest BCUT2D eigenvalue weighted by Crippen LogP contribution is 2.27. The Morgan fingerprint density at radius 2 is 1.36 bits per heavy atom. The van der Waals surface area contributed by atoms with Gasteiger partial charge in [0.25, 0.3) is 0 Å². The van der Waals surface area contributed by atoms with Gasteiger partial charge in [0, 0.05) is 47.6 Å². The maximum absolute atomic E-state index is 14.6. The molecular weight excluding hydrogens is 729 g/mol. The van der Waals surface area contributed by atoms with E-state index in [0.29, 0.717) is 45.4 Å². The van der Waals surface area contributed by atoms with Gasteiger partial charge >= 0.3 is 0 Å². The molecule has 3 aromatic carbocycles. The van der Waals surface area contributed by atoms with Gasteiger partial charge in [0.15, 0.2) is 0 Å². The van der Waals surface area contributed by atoms with Crippen LogP contribution in [0.2, 0.25) is 0 Å². The molecule has 2 fully saturated rings. The Kier molecular flexibility index (Phi) is 12.1. The summed E-state index contributed by atoms with van der Waals surface area (Å²) in [5, 5.41) is 22.1. The molecule has 0 bridgehead atoms. The molecule has 2 aliphatic rings. The molecule has 5 amide bonds. The number of benzene rings is 3. The third-order valence-corrected chi connectivity index (χ3v) is 12.0. The summed E-state index contributed by atoms with van der Waals surface area (Å²) >= 11 is 1.57. The molecule has 56 heavy (non-hydrogen) atoms. The molecule has 2 aliphatic heterocycles. The fourth-order valence-corrected chi connectivity index (χ4v) is 8.71. The highest BCUT2D eigenvalue weighted by molar-refractivity contribution is 7.17. The van der Waals surface area contributed by atoms with E-state index in [0.717, 1.165) is 37.7 Å². The number of aromatic nitrogens is 1. The molecule has 9 N–H and O–H groups in total. The lowest BCUT2D eigenvalue weighted by Gasteiger charge is -2.36. The van der Waals surface area contributed by atoms with Crippen LogP contribution in [0.1, 0.15) is 36.0 Å². The average molecular weight is 777 g/mol. The maximum atomic E-state index is 14.6. The minimum atomic E-state index is -1.27. The van der Waals surface area contributed by atoms with Crippen LogP contribution in [0.15, 0.2) is 90.4 Å². The number of piperidine rings is 1. The summed E-state index contributed by atoms with van der Waals surface area (Å²) < 4.78 is 1.06. The number of hydrogen-bond donors (Lipinski definition) is 8. The maximum Gasteiger partial charge on any atom is 0.243 e. The van der Waals surface area contributed by atoms with Gasteiger partial charge in [0.2, 0.25) is 29.5 Å². The first-order valence-electron chi connectivity index (χ1n) is 19.2. The van der Waals surface area contributed by atoms with Crippen LogP contribution < -0.4 is 37.6 Å². The van der Waals surface area contributed by atoms with Gasteiger partial charge in [-0.3, -0.25) is 24.0 Å². The quantitative estimate of drug-likeness (QED) is 0.0797. The van der Waals surface area contributed by atoms with E-state index in [1.54, 1.807) is 11.3 Å². The smallest absolute Gasteiger partial charge is 0.243 e. The van der Waals surface area contributed by atoms with Crippen molar-refractivity contribution < 1.29 is 24.0 Å². The number of thiophene rings is 1. The third kappa shape index (κ3) is 8.93. The Morgan fingerprint density at radius 1 is 0.714 bits per heavy atom. The summed E-state index contributed by atoms with van der Waals surface area (Å²) in [6.45, 7) is 2.22. The molecule has 0 saturated carbocycles. The minimum Gasteiger partial charge on any atom is -0.368 e. The van der Waals surface area contributed by atoms with E-state index in [1.165, 1.54) is 0 Å². The van der Waals surface area contributed by atoms with Gasteiger partial charge in [0.05, 0.1) is 5.92 Å². The van der Waals surface area contributed by atoms with E-state index in [1.807, 2.05) is 90.4 Å². The summed E-state index contributed by atoms with van der Waals surface area (Å²) in [6.07, 6.45) is 3.51. The second-order valence-electron chi connectivity index (χ2n) is 14.8. The minimum absolute atomic E-state index is 0.0900. The number of amides is 5. The monoisotopic (exact) mass is 776 g/mol. The van der Waals surface area contributed by atoms with Crippen LogP contribution in [0.25, 0.3) is 21.0 Å². The highest BCUT2D eigenvalue weighted by Gasteiger charge is 2.41. The zero-order valence-corrected chi connectivity index (χ0v) is 31.9. The lowest BCUT2D eigenvalue weighted by Crippen LogP contribution is -2.65. The molecule has 0 radical (unpaired) electrons. The number of aromatic amines is 1. The fraction of sp³-hybridized carbons (Fsp3) is 0.357. The number of H-pyrrole nitrogens is 1. The standard InChI is InChI=1S/C42H48N8O5S/c43-41(55)42(15-18-44-19-16-42)50-40(54)33(20-26-8-2-1-3-9-26)48-38(52)34(21-28-24-46-32-12-6-4-10-30(28)32)49-39(53)35(47-37(51)27-14-17-45-23-27)22-29-25-56-36-13-7-5-11-31(29)36/h1-13,24-25,27,33-35,44-46H,14-23H2,(H2,43,55)(H,47,51)(H,48,52)(H,49,53)(H,50,54)/t27-,33-,34+,35+/m0/s1. The van der Waals surface area contributed by atoms with E-state index in [4.69, 9.17) is 5.73 Å². The summed E-state index contributed by atoms with van der Waals surface area (Å²) in [4.78, 5) is 72.7. The Balaban J connectivity index is 1.18. The van der Waals surface area contributed by atoms with Crippen molar-refractivity contribution in [3.05, 3.63) is 107 Å². The fourth-order valence-electron chi connectivity index (χ4n) is 7.73. The molecule has 4 atom stereocenters. The number of nitrogens with one attached hydrogen (secondary N) is 7. The number of carbonyl (C=O) groups excluding carboxylic acids is 5. The van der Waals surface area contributed by atoms with Crippen molar-refractivity contribution in [2.75, 3.05) is 26.2 Å². The first kappa shape index (κ1) is 38.7. The van der Waals surface area contributed by atoms with Crippen molar-refractivity contribution in [1.29, 1.82) is 0 Å². The molecule has 0 unspecified atom stereocenters. The van der Waals surface area contributed by atoms with Crippen LogP contribution >= 0.6 is 11.3 Å². The molecule has 4 heterocycles. The van der Waals surface area contributed by atoms with Crippen LogP contribution in [0.5, 0.6) is 0 Å². The van der Waals surface area contributed by atoms with Crippen molar-refractivity contribution in [3.8, 4) is 0 Å². The van der Waals surface area contributed by atoms with Gasteiger partial charge in [-0.05, 0) is 78.5 Å². The van der Waals surface area contributed by atoms with Crippen molar-refractivity contribution in [2.45, 2.75) is 62.2 Å². The van der Waals surface area contributed by atoms with Crippen molar-refractivity contribution >= 4 is 61.9 Å². The lowest BCUT2D eigenvalue weighted by molar-refractivity contribution is -0.136. The second kappa shape index (κ2) is 17.5. The molecular formula is C42H48N8O5S. The number of rotatable bonds is 15. The molecule has 7 rings (SSSR count). The van der Waals surface area contributed by atoms with E-state index in [-0.39, 0.29) is 31.1 Å². The van der Waals surface area contributed by atoms with E-state index in [9.17, 15) is 24.0 Å². The number of fused-ring (bicyclic) bond motifs is 2. The molecule has 5 aromatic rings. The first-order chi connectivity index (χ1) is 27.2. The summed E-state index contributed by atoms with van der Waals surface area (Å²) in [5.74, 6) is -2.82. The van der Waals surface area contributed by atoms with Crippen LogP contribution in [0.3, 0.4) is 0 Å². The SMILES string of the molecule is NC(=O)C1(NC(=O)[C@H](Cc2ccccc2)NC(=O)[C@@H](Cc2c[nH]c3ccccc23)NC(=O)[C@@H](Cc2csc3ccccc23)NC(=O)[C@H]2CCNC2)CCNCC1. The second-order valence-corrected chi connectivity index (χ2v) is 15.7. The zero-order valence-electron chi connectivity index (χ0n) is 31.1. The predicted octanol–water partition coefficient (Wildman–Crippen LogP) is 2.20. The van der Waals surface area contributed by atoms with Gasteiger partial charge in [-0.1, -0.05) is 66.7 Å². The van der Waals surface area contributed by atoms with Crippen LogP contribution in [0, 0.1) is 5.92 Å². The molecule has 0 spiro atoms. The Bertz CT molecular complexity index is 2190. The Labute approximate surface area is 328 Å². The molecule has 13 nitrogen and oxygen atoms in total. The summed E-state index contributed by atoms with van der Waals surface area (Å²) in [7, 11) is 0. The Morgan fingerprint density at radius 3 is 2.07 bits per heavy atom. The molecule has 2 saturated heterocycles. The first-order valence-corrected chi connectivity index (χ1v) is 20.1. The average Bonchev–Trinajstić information content (AvgIpc) is 3.99. The van der Waals surface area contributed by atoms with Crippen molar-refractivity contribution in [1.82, 2.24) is 36.9 Å². The van der Waals surface area contributed by atoms with Crippen LogP contribution in [-0.4, -0.2) is 84.4 Å². The van der Waals surface area contributed by atoms with E-state index in [2.05, 4.69) is 36.9 Å². The van der Waals surface area contributed by atoms with Crippen molar-refractivity contribution in [3.63, 3.8) is 0 Å². The number of primary amides is 1. The molecule has 2 aromatic heterocycles. The number of nitrogens with two attached hydrogens (primary N) is 1. The number of para-hydroxylation sites is 1. The van der Waals surface area contributed by atoms with Gasteiger partial charge in [0.1, 0.15) is 23.7 Å². The topological polar surface area (TPSA) is 199 Å². The summed E-state index contributed by atoms with van der Waals surface area (Å²) in [5.41, 5.74) is 7.94. The molecule has 14 heteroatoms. The van der Waals surface area contributed by atoms with Crippen LogP contribution in [0.4, 0.5) is 0 Å². The van der Waals surface area contributed by atoms with Gasteiger partial charge in [-0.15, -0.1) is 11.3 Å². The highest BCUT2D eigenvalue weighted by atomic mass is 32.1. The van der Waals surface area contributed by atoms with Crippen LogP contribution in [-0.2, 0) is 43.2 Å². The molecule has 292 valence electrons. The lowest BCUT2D eigenvalue weighted by atomic mass is 9.87. The van der Waals surface area contributed by atoms with Gasteiger partial charge < -0.3 is 42.6 Å². The normalized spacial score (nSPS) is 18.1. The Hall–Kier alpha value is -5.57. The summed E-state index contributed by atoms with van der Waals surface area (Å²) in [6, 6.07) is 21.6.